The molecule has 0 aliphatic rings. The monoisotopic (exact) mass is 411 g/mol. The number of aromatic nitrogens is 2. The number of aromatic amines is 1. The van der Waals surface area contributed by atoms with Crippen LogP contribution in [-0.2, 0) is 19.5 Å². The second kappa shape index (κ2) is 10.5. The van der Waals surface area contributed by atoms with Crippen molar-refractivity contribution in [2.24, 2.45) is 0 Å². The van der Waals surface area contributed by atoms with Gasteiger partial charge >= 0.3 is 0 Å². The maximum Gasteiger partial charge on any atom is 0.251 e. The Kier molecular flexibility index (Phi) is 9.02. The van der Waals surface area contributed by atoms with Gasteiger partial charge in [0.25, 0.3) is 5.56 Å². The van der Waals surface area contributed by atoms with Gasteiger partial charge in [-0.15, -0.1) is 36.2 Å². The van der Waals surface area contributed by atoms with Crippen molar-refractivity contribution >= 4 is 36.2 Å². The van der Waals surface area contributed by atoms with E-state index in [1.54, 1.807) is 11.3 Å². The molecule has 3 aromatic heterocycles. The third-order valence-electron chi connectivity index (χ3n) is 4.00. The van der Waals surface area contributed by atoms with Crippen molar-refractivity contribution in [1.82, 2.24) is 15.3 Å². The van der Waals surface area contributed by atoms with Crippen LogP contribution in [0.3, 0.4) is 0 Å². The van der Waals surface area contributed by atoms with E-state index in [1.165, 1.54) is 15.3 Å². The van der Waals surface area contributed by atoms with Crippen LogP contribution in [-0.4, -0.2) is 9.97 Å². The van der Waals surface area contributed by atoms with Crippen LogP contribution in [0.4, 0.5) is 0 Å². The molecule has 0 atom stereocenters. The van der Waals surface area contributed by atoms with Crippen LogP contribution in [0.25, 0.3) is 10.4 Å². The molecule has 3 heterocycles. The number of nitrogens with zero attached hydrogens (tertiary/aromatic N) is 1. The highest BCUT2D eigenvalue weighted by Crippen LogP contribution is 2.30. The Hall–Kier alpha value is -1.66. The van der Waals surface area contributed by atoms with Crippen molar-refractivity contribution in [2.75, 3.05) is 0 Å². The zero-order chi connectivity index (χ0) is 16.9. The van der Waals surface area contributed by atoms with Crippen LogP contribution in [0.5, 0.6) is 0 Å². The number of thiophene rings is 1. The molecule has 2 N–H and O–H groups in total. The summed E-state index contributed by atoms with van der Waals surface area (Å²) in [5.74, 6) is 0. The number of aryl methyl sites for hydroxylation is 2. The van der Waals surface area contributed by atoms with Gasteiger partial charge in [-0.3, -0.25) is 9.78 Å². The van der Waals surface area contributed by atoms with Gasteiger partial charge in [-0.05, 0) is 49.2 Å². The Morgan fingerprint density at radius 3 is 2.54 bits per heavy atom. The van der Waals surface area contributed by atoms with Crippen molar-refractivity contribution in [3.8, 4) is 10.4 Å². The molecule has 26 heavy (non-hydrogen) atoms. The second-order valence-electron chi connectivity index (χ2n) is 5.74. The molecule has 7 heteroatoms. The third kappa shape index (κ3) is 5.42. The molecule has 4 nitrogen and oxygen atoms in total. The predicted molar refractivity (Wildman–Crippen MR) is 114 cm³/mol. The first kappa shape index (κ1) is 22.4. The number of hydrogen-bond acceptors (Lipinski definition) is 4. The Morgan fingerprint density at radius 1 is 1.12 bits per heavy atom. The Bertz CT molecular complexity index is 878. The smallest absolute Gasteiger partial charge is 0.251 e. The Morgan fingerprint density at radius 2 is 1.85 bits per heavy atom. The lowest BCUT2D eigenvalue weighted by Crippen LogP contribution is -2.13. The highest BCUT2D eigenvalue weighted by Gasteiger charge is 2.09. The van der Waals surface area contributed by atoms with Gasteiger partial charge in [-0.2, -0.15) is 0 Å². The van der Waals surface area contributed by atoms with Gasteiger partial charge in [-0.1, -0.05) is 6.92 Å². The maximum atomic E-state index is 11.9. The first-order valence-electron chi connectivity index (χ1n) is 8.09. The van der Waals surface area contributed by atoms with Gasteiger partial charge in [0, 0.05) is 52.1 Å². The fraction of sp³-hybridized carbons (Fsp3) is 0.263. The van der Waals surface area contributed by atoms with E-state index in [1.807, 2.05) is 44.4 Å². The van der Waals surface area contributed by atoms with Crippen molar-refractivity contribution in [3.63, 3.8) is 0 Å². The van der Waals surface area contributed by atoms with Crippen LogP contribution in [0.15, 0.2) is 47.5 Å². The van der Waals surface area contributed by atoms with Crippen LogP contribution >= 0.6 is 36.2 Å². The molecule has 140 valence electrons. The zero-order valence-electron chi connectivity index (χ0n) is 14.7. The minimum absolute atomic E-state index is 0. The van der Waals surface area contributed by atoms with Gasteiger partial charge in [0.2, 0.25) is 0 Å². The highest BCUT2D eigenvalue weighted by molar-refractivity contribution is 7.15. The number of halogens is 2. The topological polar surface area (TPSA) is 57.8 Å². The number of pyridine rings is 2. The van der Waals surface area contributed by atoms with E-state index < -0.39 is 0 Å². The highest BCUT2D eigenvalue weighted by atomic mass is 35.5. The Labute approximate surface area is 169 Å². The summed E-state index contributed by atoms with van der Waals surface area (Å²) in [6, 6.07) is 10.3. The molecule has 3 rings (SSSR count). The molecule has 0 saturated heterocycles. The fourth-order valence-corrected chi connectivity index (χ4v) is 3.68. The predicted octanol–water partition coefficient (Wildman–Crippen LogP) is 4.50. The van der Waals surface area contributed by atoms with E-state index in [0.717, 1.165) is 36.3 Å². The minimum Gasteiger partial charge on any atom is -0.326 e. The summed E-state index contributed by atoms with van der Waals surface area (Å²) >= 11 is 1.76. The van der Waals surface area contributed by atoms with Gasteiger partial charge in [0.1, 0.15) is 0 Å². The lowest BCUT2D eigenvalue weighted by atomic mass is 10.1. The third-order valence-corrected chi connectivity index (χ3v) is 5.12. The standard InChI is InChI=1S/C19H21N3OS.2ClH/c1-3-15-10-17(13(2)22-19(15)23)18-5-4-16(24-18)12-21-11-14-6-8-20-9-7-14;;/h4-10,21H,3,11-12H2,1-2H3,(H,22,23);2*1H. The molecule has 0 radical (unpaired) electrons. The molecule has 0 spiro atoms. The first-order valence-corrected chi connectivity index (χ1v) is 8.90. The molecule has 0 bridgehead atoms. The van der Waals surface area contributed by atoms with Crippen molar-refractivity contribution in [1.29, 1.82) is 0 Å². The molecule has 0 aliphatic heterocycles. The quantitative estimate of drug-likeness (QED) is 0.627. The van der Waals surface area contributed by atoms with Crippen LogP contribution in [0, 0.1) is 6.92 Å². The van der Waals surface area contributed by atoms with Crippen molar-refractivity contribution in [2.45, 2.75) is 33.4 Å². The average molecular weight is 412 g/mol. The summed E-state index contributed by atoms with van der Waals surface area (Å²) in [6.07, 6.45) is 4.36. The number of nitrogens with one attached hydrogen (secondary N) is 2. The minimum atomic E-state index is 0. The molecular formula is C19H23Cl2N3OS. The van der Waals surface area contributed by atoms with Crippen LogP contribution < -0.4 is 10.9 Å². The molecule has 0 amide bonds. The van der Waals surface area contributed by atoms with Gasteiger partial charge < -0.3 is 10.3 Å². The molecule has 3 aromatic rings. The van der Waals surface area contributed by atoms with Gasteiger partial charge in [0.15, 0.2) is 0 Å². The first-order chi connectivity index (χ1) is 11.7. The van der Waals surface area contributed by atoms with Crippen LogP contribution in [0.1, 0.15) is 28.6 Å². The van der Waals surface area contributed by atoms with Gasteiger partial charge in [0.05, 0.1) is 0 Å². The molecular weight excluding hydrogens is 389 g/mol. The largest absolute Gasteiger partial charge is 0.326 e. The molecule has 0 saturated carbocycles. The maximum absolute atomic E-state index is 11.9. The van der Waals surface area contributed by atoms with E-state index in [-0.39, 0.29) is 30.4 Å². The second-order valence-corrected chi connectivity index (χ2v) is 6.91. The molecule has 0 unspecified atom stereocenters. The SMILES string of the molecule is CCc1cc(-c2ccc(CNCc3ccncc3)s2)c(C)[nH]c1=O.Cl.Cl. The number of hydrogen-bond donors (Lipinski definition) is 2. The van der Waals surface area contributed by atoms with E-state index in [9.17, 15) is 4.79 Å². The average Bonchev–Trinajstić information content (AvgIpc) is 3.04. The van der Waals surface area contributed by atoms with Crippen molar-refractivity contribution in [3.05, 3.63) is 74.8 Å². The zero-order valence-corrected chi connectivity index (χ0v) is 17.2. The van der Waals surface area contributed by atoms with E-state index in [4.69, 9.17) is 0 Å². The lowest BCUT2D eigenvalue weighted by molar-refractivity contribution is 0.700. The summed E-state index contributed by atoms with van der Waals surface area (Å²) in [5, 5.41) is 3.45. The fourth-order valence-electron chi connectivity index (χ4n) is 2.63. The molecule has 0 aromatic carbocycles. The normalized spacial score (nSPS) is 10.1. The molecule has 0 aliphatic carbocycles. The number of H-pyrrole nitrogens is 1. The van der Waals surface area contributed by atoms with E-state index in [0.29, 0.717) is 0 Å². The summed E-state index contributed by atoms with van der Waals surface area (Å²) in [5.41, 5.74) is 4.13. The lowest BCUT2D eigenvalue weighted by Gasteiger charge is -2.06. The summed E-state index contributed by atoms with van der Waals surface area (Å²) in [4.78, 5) is 21.3. The molecule has 0 fully saturated rings. The van der Waals surface area contributed by atoms with E-state index >= 15 is 0 Å². The van der Waals surface area contributed by atoms with Gasteiger partial charge in [-0.25, -0.2) is 0 Å². The summed E-state index contributed by atoms with van der Waals surface area (Å²) in [7, 11) is 0. The Balaban J connectivity index is 0.00000169. The summed E-state index contributed by atoms with van der Waals surface area (Å²) in [6.45, 7) is 5.62. The summed E-state index contributed by atoms with van der Waals surface area (Å²) < 4.78 is 0. The van der Waals surface area contributed by atoms with Crippen LogP contribution in [0.2, 0.25) is 0 Å². The number of rotatable bonds is 6. The van der Waals surface area contributed by atoms with E-state index in [2.05, 4.69) is 27.4 Å². The van der Waals surface area contributed by atoms with Crippen molar-refractivity contribution < 1.29 is 0 Å².